The number of benzene rings is 1. The lowest BCUT2D eigenvalue weighted by atomic mass is 10.1. The van der Waals surface area contributed by atoms with Gasteiger partial charge >= 0.3 is 0 Å². The number of piperazine rings is 1. The molecule has 1 fully saturated rings. The first kappa shape index (κ1) is 13.5. The van der Waals surface area contributed by atoms with Gasteiger partial charge in [0.05, 0.1) is 6.61 Å². The Morgan fingerprint density at radius 2 is 2.00 bits per heavy atom. The first-order chi connectivity index (χ1) is 8.86. The van der Waals surface area contributed by atoms with Gasteiger partial charge < -0.3 is 15.0 Å². The summed E-state index contributed by atoms with van der Waals surface area (Å²) in [5, 5.41) is 3.37. The Bertz CT molecular complexity index is 348. The van der Waals surface area contributed by atoms with E-state index in [0.717, 1.165) is 39.3 Å². The summed E-state index contributed by atoms with van der Waals surface area (Å²) in [5.41, 5.74) is 2.62. The van der Waals surface area contributed by atoms with E-state index in [4.69, 9.17) is 4.74 Å². The molecule has 3 nitrogen and oxygen atoms in total. The first-order valence-electron chi connectivity index (χ1n) is 6.91. The second-order valence-corrected chi connectivity index (χ2v) is 4.92. The summed E-state index contributed by atoms with van der Waals surface area (Å²) in [6.45, 7) is 9.52. The fraction of sp³-hybridized carbons (Fsp3) is 0.600. The zero-order chi connectivity index (χ0) is 12.6. The quantitative estimate of drug-likeness (QED) is 0.777. The van der Waals surface area contributed by atoms with Crippen molar-refractivity contribution in [1.82, 2.24) is 10.2 Å². The molecule has 0 spiro atoms. The van der Waals surface area contributed by atoms with E-state index in [1.807, 2.05) is 0 Å². The van der Waals surface area contributed by atoms with E-state index >= 15 is 0 Å². The highest BCUT2D eigenvalue weighted by molar-refractivity contribution is 5.24. The molecule has 18 heavy (non-hydrogen) atoms. The summed E-state index contributed by atoms with van der Waals surface area (Å²) in [7, 11) is 0. The Hall–Kier alpha value is -0.900. The van der Waals surface area contributed by atoms with E-state index in [9.17, 15) is 0 Å². The van der Waals surface area contributed by atoms with Crippen molar-refractivity contribution in [2.45, 2.75) is 20.0 Å². The standard InChI is InChI=1S/C15H24N2O/c1-14-5-2-3-6-15(14)13-18-12-4-9-17-10-7-16-8-11-17/h2-3,5-6,16H,4,7-13H2,1H3. The third kappa shape index (κ3) is 4.41. The zero-order valence-corrected chi connectivity index (χ0v) is 11.3. The molecular formula is C15H24N2O. The number of ether oxygens (including phenoxy) is 1. The monoisotopic (exact) mass is 248 g/mol. The molecule has 0 aliphatic carbocycles. The van der Waals surface area contributed by atoms with Gasteiger partial charge in [0.1, 0.15) is 0 Å². The van der Waals surface area contributed by atoms with Gasteiger partial charge in [-0.15, -0.1) is 0 Å². The summed E-state index contributed by atoms with van der Waals surface area (Å²) in [6.07, 6.45) is 1.13. The van der Waals surface area contributed by atoms with Gasteiger partial charge in [0.15, 0.2) is 0 Å². The maximum Gasteiger partial charge on any atom is 0.0719 e. The summed E-state index contributed by atoms with van der Waals surface area (Å²) < 4.78 is 5.75. The van der Waals surface area contributed by atoms with Crippen LogP contribution in [-0.4, -0.2) is 44.2 Å². The van der Waals surface area contributed by atoms with Crippen LogP contribution in [0.1, 0.15) is 17.5 Å². The van der Waals surface area contributed by atoms with Gasteiger partial charge in [0.25, 0.3) is 0 Å². The van der Waals surface area contributed by atoms with E-state index in [1.165, 1.54) is 24.2 Å². The van der Waals surface area contributed by atoms with Crippen LogP contribution in [0.3, 0.4) is 0 Å². The predicted molar refractivity (Wildman–Crippen MR) is 74.8 cm³/mol. The van der Waals surface area contributed by atoms with E-state index in [2.05, 4.69) is 41.4 Å². The maximum absolute atomic E-state index is 5.75. The highest BCUT2D eigenvalue weighted by Gasteiger charge is 2.08. The van der Waals surface area contributed by atoms with E-state index < -0.39 is 0 Å². The molecule has 3 heteroatoms. The van der Waals surface area contributed by atoms with Crippen molar-refractivity contribution in [1.29, 1.82) is 0 Å². The molecule has 1 aliphatic heterocycles. The highest BCUT2D eigenvalue weighted by atomic mass is 16.5. The van der Waals surface area contributed by atoms with E-state index in [-0.39, 0.29) is 0 Å². The van der Waals surface area contributed by atoms with Crippen LogP contribution in [-0.2, 0) is 11.3 Å². The number of hydrogen-bond acceptors (Lipinski definition) is 3. The number of hydrogen-bond donors (Lipinski definition) is 1. The van der Waals surface area contributed by atoms with Crippen LogP contribution in [0.2, 0.25) is 0 Å². The Balaban J connectivity index is 1.57. The minimum Gasteiger partial charge on any atom is -0.377 e. The average Bonchev–Trinajstić information content (AvgIpc) is 2.42. The van der Waals surface area contributed by atoms with Crippen molar-refractivity contribution < 1.29 is 4.74 Å². The van der Waals surface area contributed by atoms with Crippen LogP contribution in [0.25, 0.3) is 0 Å². The number of aryl methyl sites for hydroxylation is 1. The summed E-state index contributed by atoms with van der Waals surface area (Å²) in [6, 6.07) is 8.43. The molecule has 100 valence electrons. The summed E-state index contributed by atoms with van der Waals surface area (Å²) in [4.78, 5) is 2.51. The lowest BCUT2D eigenvalue weighted by Crippen LogP contribution is -2.43. The first-order valence-corrected chi connectivity index (χ1v) is 6.91. The molecule has 1 heterocycles. The third-order valence-electron chi connectivity index (χ3n) is 3.49. The van der Waals surface area contributed by atoms with Crippen LogP contribution in [0.4, 0.5) is 0 Å². The van der Waals surface area contributed by atoms with Crippen molar-refractivity contribution in [2.75, 3.05) is 39.3 Å². The molecule has 1 aromatic rings. The van der Waals surface area contributed by atoms with Crippen molar-refractivity contribution in [3.05, 3.63) is 35.4 Å². The smallest absolute Gasteiger partial charge is 0.0719 e. The Morgan fingerprint density at radius 1 is 1.22 bits per heavy atom. The van der Waals surface area contributed by atoms with Gasteiger partial charge in [0, 0.05) is 39.3 Å². The fourth-order valence-electron chi connectivity index (χ4n) is 2.28. The Labute approximate surface area is 110 Å². The van der Waals surface area contributed by atoms with Crippen LogP contribution in [0.5, 0.6) is 0 Å². The lowest BCUT2D eigenvalue weighted by molar-refractivity contribution is 0.106. The molecule has 1 aliphatic rings. The third-order valence-corrected chi connectivity index (χ3v) is 3.49. The van der Waals surface area contributed by atoms with Gasteiger partial charge in [-0.2, -0.15) is 0 Å². The SMILES string of the molecule is Cc1ccccc1COCCCN1CCNCC1. The molecular weight excluding hydrogens is 224 g/mol. The van der Waals surface area contributed by atoms with Crippen molar-refractivity contribution in [2.24, 2.45) is 0 Å². The van der Waals surface area contributed by atoms with Gasteiger partial charge in [-0.3, -0.25) is 0 Å². The van der Waals surface area contributed by atoms with Gasteiger partial charge in [-0.25, -0.2) is 0 Å². The van der Waals surface area contributed by atoms with Crippen LogP contribution in [0, 0.1) is 6.92 Å². The fourth-order valence-corrected chi connectivity index (χ4v) is 2.28. The molecule has 2 rings (SSSR count). The molecule has 1 saturated heterocycles. The molecule has 1 aromatic carbocycles. The van der Waals surface area contributed by atoms with Crippen molar-refractivity contribution >= 4 is 0 Å². The largest absolute Gasteiger partial charge is 0.377 e. The van der Waals surface area contributed by atoms with Gasteiger partial charge in [-0.05, 0) is 24.5 Å². The van der Waals surface area contributed by atoms with Crippen LogP contribution in [0.15, 0.2) is 24.3 Å². The highest BCUT2D eigenvalue weighted by Crippen LogP contribution is 2.08. The summed E-state index contributed by atoms with van der Waals surface area (Å²) >= 11 is 0. The normalized spacial score (nSPS) is 16.9. The molecule has 1 N–H and O–H groups in total. The van der Waals surface area contributed by atoms with E-state index in [1.54, 1.807) is 0 Å². The van der Waals surface area contributed by atoms with Crippen molar-refractivity contribution in [3.8, 4) is 0 Å². The molecule has 0 aromatic heterocycles. The van der Waals surface area contributed by atoms with Crippen LogP contribution >= 0.6 is 0 Å². The Kier molecular flexibility index (Phi) is 5.65. The second-order valence-electron chi connectivity index (χ2n) is 4.92. The minimum atomic E-state index is 0.744. The Morgan fingerprint density at radius 3 is 2.78 bits per heavy atom. The van der Waals surface area contributed by atoms with Crippen molar-refractivity contribution in [3.63, 3.8) is 0 Å². The second kappa shape index (κ2) is 7.52. The number of nitrogens with one attached hydrogen (secondary N) is 1. The molecule has 0 radical (unpaired) electrons. The topological polar surface area (TPSA) is 24.5 Å². The minimum absolute atomic E-state index is 0.744. The number of rotatable bonds is 6. The van der Waals surface area contributed by atoms with Crippen LogP contribution < -0.4 is 5.32 Å². The molecule has 0 bridgehead atoms. The molecule has 0 unspecified atom stereocenters. The van der Waals surface area contributed by atoms with Gasteiger partial charge in [-0.1, -0.05) is 24.3 Å². The molecule has 0 atom stereocenters. The molecule has 0 amide bonds. The summed E-state index contributed by atoms with van der Waals surface area (Å²) in [5.74, 6) is 0. The predicted octanol–water partition coefficient (Wildman–Crippen LogP) is 1.81. The lowest BCUT2D eigenvalue weighted by Gasteiger charge is -2.26. The zero-order valence-electron chi connectivity index (χ0n) is 11.3. The maximum atomic E-state index is 5.75. The van der Waals surface area contributed by atoms with Gasteiger partial charge in [0.2, 0.25) is 0 Å². The molecule has 0 saturated carbocycles. The van der Waals surface area contributed by atoms with E-state index in [0.29, 0.717) is 0 Å². The average molecular weight is 248 g/mol. The number of nitrogens with zero attached hydrogens (tertiary/aromatic N) is 1.